The Kier molecular flexibility index (Phi) is 3.19. The van der Waals surface area contributed by atoms with Crippen LogP contribution in [0, 0.1) is 10.8 Å². The monoisotopic (exact) mass is 315 g/mol. The summed E-state index contributed by atoms with van der Waals surface area (Å²) in [6.45, 7) is 7.17. The lowest BCUT2D eigenvalue weighted by molar-refractivity contribution is -0.165. The molecule has 1 amide bonds. The minimum Gasteiger partial charge on any atom is -0.448 e. The van der Waals surface area contributed by atoms with Crippen LogP contribution in [0.1, 0.15) is 50.9 Å². The van der Waals surface area contributed by atoms with Gasteiger partial charge >= 0.3 is 5.97 Å². The van der Waals surface area contributed by atoms with Crippen LogP contribution in [-0.2, 0) is 14.3 Å². The van der Waals surface area contributed by atoms with Gasteiger partial charge in [-0.1, -0.05) is 26.0 Å². The molecule has 1 saturated heterocycles. The molecule has 1 heterocycles. The van der Waals surface area contributed by atoms with Crippen LogP contribution >= 0.6 is 0 Å². The highest BCUT2D eigenvalue weighted by atomic mass is 16.6. The molecule has 1 aliphatic heterocycles. The topological polar surface area (TPSA) is 72.5 Å². The third kappa shape index (κ3) is 1.89. The van der Waals surface area contributed by atoms with E-state index in [-0.39, 0.29) is 17.7 Å². The zero-order valence-electron chi connectivity index (χ0n) is 13.9. The first-order valence-corrected chi connectivity index (χ1v) is 7.80. The Balaban J connectivity index is 1.91. The minimum absolute atomic E-state index is 0.0691. The van der Waals surface area contributed by atoms with E-state index in [9.17, 15) is 14.4 Å². The molecule has 5 heteroatoms. The molecule has 1 aliphatic carbocycles. The van der Waals surface area contributed by atoms with E-state index in [2.05, 4.69) is 5.32 Å². The Morgan fingerprint density at radius 3 is 2.39 bits per heavy atom. The summed E-state index contributed by atoms with van der Waals surface area (Å²) in [5.74, 6) is -0.695. The van der Waals surface area contributed by atoms with Crippen molar-refractivity contribution in [2.45, 2.75) is 46.1 Å². The van der Waals surface area contributed by atoms with Crippen molar-refractivity contribution in [1.29, 1.82) is 0 Å². The van der Waals surface area contributed by atoms with Gasteiger partial charge in [-0.25, -0.2) is 0 Å². The van der Waals surface area contributed by atoms with Crippen molar-refractivity contribution in [2.75, 3.05) is 5.32 Å². The summed E-state index contributed by atoms with van der Waals surface area (Å²) >= 11 is 0. The standard InChI is InChI=1S/C18H21NO4/c1-11(20)12-6-5-7-13(10-12)19-14(21)18-9-8-17(4,15(22)23-18)16(18,2)3/h5-7,10H,8-9H2,1-4H3,(H,19,21). The lowest BCUT2D eigenvalue weighted by atomic mass is 9.66. The second-order valence-electron chi connectivity index (χ2n) is 7.26. The number of Topliss-reactive ketones (excluding diaryl/α,β-unsaturated/α-hetero) is 1. The summed E-state index contributed by atoms with van der Waals surface area (Å²) in [5.41, 5.74) is -1.31. The number of fused-ring (bicyclic) bond motifs is 2. The number of carbonyl (C=O) groups is 3. The molecule has 1 saturated carbocycles. The van der Waals surface area contributed by atoms with Gasteiger partial charge in [0.1, 0.15) is 0 Å². The highest BCUT2D eigenvalue weighted by Gasteiger charge is 2.75. The van der Waals surface area contributed by atoms with Gasteiger partial charge in [0, 0.05) is 16.7 Å². The zero-order chi connectivity index (χ0) is 17.0. The van der Waals surface area contributed by atoms with Crippen molar-refractivity contribution in [3.63, 3.8) is 0 Å². The van der Waals surface area contributed by atoms with Crippen LogP contribution in [0.15, 0.2) is 24.3 Å². The third-order valence-electron chi connectivity index (χ3n) is 5.98. The molecular weight excluding hydrogens is 294 g/mol. The fourth-order valence-corrected chi connectivity index (χ4v) is 3.80. The number of ketones is 1. The Labute approximate surface area is 135 Å². The van der Waals surface area contributed by atoms with Crippen LogP contribution in [0.3, 0.4) is 0 Å². The van der Waals surface area contributed by atoms with Crippen molar-refractivity contribution in [3.8, 4) is 0 Å². The van der Waals surface area contributed by atoms with Gasteiger partial charge in [0.2, 0.25) is 0 Å². The normalized spacial score (nSPS) is 30.9. The van der Waals surface area contributed by atoms with E-state index >= 15 is 0 Å². The Morgan fingerprint density at radius 1 is 1.17 bits per heavy atom. The van der Waals surface area contributed by atoms with E-state index in [4.69, 9.17) is 4.74 Å². The van der Waals surface area contributed by atoms with E-state index in [1.165, 1.54) is 6.92 Å². The smallest absolute Gasteiger partial charge is 0.313 e. The van der Waals surface area contributed by atoms with E-state index in [0.29, 0.717) is 24.1 Å². The number of nitrogens with one attached hydrogen (secondary N) is 1. The maximum Gasteiger partial charge on any atom is 0.313 e. The van der Waals surface area contributed by atoms with Gasteiger partial charge in [-0.05, 0) is 38.8 Å². The molecule has 1 aromatic carbocycles. The Bertz CT molecular complexity index is 723. The molecule has 2 aliphatic rings. The maximum atomic E-state index is 12.9. The number of hydrogen-bond acceptors (Lipinski definition) is 4. The second kappa shape index (κ2) is 4.66. The third-order valence-corrected chi connectivity index (χ3v) is 5.98. The average molecular weight is 315 g/mol. The predicted molar refractivity (Wildman–Crippen MR) is 85.0 cm³/mol. The van der Waals surface area contributed by atoms with Gasteiger partial charge in [0.05, 0.1) is 5.41 Å². The summed E-state index contributed by atoms with van der Waals surface area (Å²) in [5, 5.41) is 2.82. The molecule has 23 heavy (non-hydrogen) atoms. The number of anilines is 1. The molecule has 2 fully saturated rings. The molecule has 0 aromatic heterocycles. The summed E-state index contributed by atoms with van der Waals surface area (Å²) < 4.78 is 5.56. The maximum absolute atomic E-state index is 12.9. The van der Waals surface area contributed by atoms with Crippen molar-refractivity contribution in [1.82, 2.24) is 0 Å². The largest absolute Gasteiger partial charge is 0.448 e. The number of rotatable bonds is 3. The molecule has 2 bridgehead atoms. The summed E-state index contributed by atoms with van der Waals surface area (Å²) in [6.07, 6.45) is 1.15. The Morgan fingerprint density at radius 2 is 1.87 bits per heavy atom. The SMILES string of the molecule is CC(=O)c1cccc(NC(=O)C23CCC(C)(C(=O)O2)C3(C)C)c1. The Hall–Kier alpha value is -2.17. The first-order valence-electron chi connectivity index (χ1n) is 7.80. The number of benzene rings is 1. The number of carbonyl (C=O) groups excluding carboxylic acids is 3. The van der Waals surface area contributed by atoms with Crippen LogP contribution in [0.4, 0.5) is 5.69 Å². The first-order chi connectivity index (χ1) is 10.6. The molecule has 5 nitrogen and oxygen atoms in total. The van der Waals surface area contributed by atoms with Crippen molar-refractivity contribution >= 4 is 23.3 Å². The molecule has 122 valence electrons. The summed E-state index contributed by atoms with van der Waals surface area (Å²) in [6, 6.07) is 6.77. The highest BCUT2D eigenvalue weighted by molar-refractivity contribution is 6.04. The molecule has 0 radical (unpaired) electrons. The molecular formula is C18H21NO4. The van der Waals surface area contributed by atoms with Crippen LogP contribution in [0.5, 0.6) is 0 Å². The predicted octanol–water partition coefficient (Wildman–Crippen LogP) is 2.95. The van der Waals surface area contributed by atoms with Gasteiger partial charge < -0.3 is 10.1 Å². The van der Waals surface area contributed by atoms with Gasteiger partial charge in [-0.2, -0.15) is 0 Å². The van der Waals surface area contributed by atoms with Gasteiger partial charge in [0.25, 0.3) is 5.91 Å². The average Bonchev–Trinajstić information content (AvgIpc) is 2.78. The molecule has 2 unspecified atom stereocenters. The van der Waals surface area contributed by atoms with E-state index < -0.39 is 16.4 Å². The summed E-state index contributed by atoms with van der Waals surface area (Å²) in [7, 11) is 0. The lowest BCUT2D eigenvalue weighted by Crippen LogP contribution is -2.50. The van der Waals surface area contributed by atoms with Crippen molar-refractivity contribution < 1.29 is 19.1 Å². The van der Waals surface area contributed by atoms with Crippen LogP contribution < -0.4 is 5.32 Å². The van der Waals surface area contributed by atoms with Crippen LogP contribution in [-0.4, -0.2) is 23.3 Å². The second-order valence-corrected chi connectivity index (χ2v) is 7.26. The molecule has 2 atom stereocenters. The molecule has 1 N–H and O–H groups in total. The van der Waals surface area contributed by atoms with Crippen molar-refractivity contribution in [3.05, 3.63) is 29.8 Å². The quantitative estimate of drug-likeness (QED) is 0.687. The van der Waals surface area contributed by atoms with E-state index in [0.717, 1.165) is 0 Å². The highest BCUT2D eigenvalue weighted by Crippen LogP contribution is 2.65. The molecule has 1 aromatic rings. The minimum atomic E-state index is -1.15. The molecule has 3 rings (SSSR count). The van der Waals surface area contributed by atoms with Crippen molar-refractivity contribution in [2.24, 2.45) is 10.8 Å². The zero-order valence-corrected chi connectivity index (χ0v) is 13.9. The first kappa shape index (κ1) is 15.7. The molecule has 0 spiro atoms. The number of hydrogen-bond donors (Lipinski definition) is 1. The van der Waals surface area contributed by atoms with Gasteiger partial charge in [-0.3, -0.25) is 14.4 Å². The van der Waals surface area contributed by atoms with Gasteiger partial charge in [0.15, 0.2) is 11.4 Å². The number of esters is 1. The van der Waals surface area contributed by atoms with Gasteiger partial charge in [-0.15, -0.1) is 0 Å². The fourth-order valence-electron chi connectivity index (χ4n) is 3.80. The van der Waals surface area contributed by atoms with Crippen LogP contribution in [0.25, 0.3) is 0 Å². The van der Waals surface area contributed by atoms with Crippen LogP contribution in [0.2, 0.25) is 0 Å². The fraction of sp³-hybridized carbons (Fsp3) is 0.500. The number of amides is 1. The van der Waals surface area contributed by atoms with E-state index in [1.54, 1.807) is 24.3 Å². The number of ether oxygens (including phenoxy) is 1. The lowest BCUT2D eigenvalue weighted by Gasteiger charge is -2.35. The summed E-state index contributed by atoms with van der Waals surface area (Å²) in [4.78, 5) is 36.6. The van der Waals surface area contributed by atoms with E-state index in [1.807, 2.05) is 20.8 Å².